The third kappa shape index (κ3) is 4.48. The van der Waals surface area contributed by atoms with Gasteiger partial charge in [0.15, 0.2) is 0 Å². The molecule has 1 aromatic carbocycles. The third-order valence-electron chi connectivity index (χ3n) is 5.16. The van der Waals surface area contributed by atoms with Gasteiger partial charge >= 0.3 is 0 Å². The van der Waals surface area contributed by atoms with Gasteiger partial charge in [0.25, 0.3) is 0 Å². The molecule has 1 aliphatic heterocycles. The molecule has 3 rings (SSSR count). The Labute approximate surface area is 150 Å². The molecule has 5 nitrogen and oxygen atoms in total. The Kier molecular flexibility index (Phi) is 6.24. The van der Waals surface area contributed by atoms with Gasteiger partial charge in [-0.15, -0.1) is 0 Å². The first-order valence-corrected chi connectivity index (χ1v) is 9.19. The highest BCUT2D eigenvalue weighted by atomic mass is 16.5. The predicted molar refractivity (Wildman–Crippen MR) is 98.4 cm³/mol. The minimum atomic E-state index is 0.114. The van der Waals surface area contributed by atoms with Crippen molar-refractivity contribution in [2.24, 2.45) is 5.92 Å². The van der Waals surface area contributed by atoms with Gasteiger partial charge in [0, 0.05) is 37.1 Å². The number of hydrogen-bond acceptors (Lipinski definition) is 4. The number of aliphatic hydroxyl groups excluding tert-OH is 1. The number of nitrogens with one attached hydrogen (secondary N) is 1. The Morgan fingerprint density at radius 3 is 2.80 bits per heavy atom. The molecule has 0 amide bonds. The number of benzene rings is 1. The van der Waals surface area contributed by atoms with Gasteiger partial charge in [-0.3, -0.25) is 4.68 Å². The third-order valence-corrected chi connectivity index (χ3v) is 5.16. The Morgan fingerprint density at radius 1 is 1.32 bits per heavy atom. The fourth-order valence-electron chi connectivity index (χ4n) is 3.65. The molecule has 0 spiro atoms. The van der Waals surface area contributed by atoms with Crippen molar-refractivity contribution in [2.75, 3.05) is 19.8 Å². The lowest BCUT2D eigenvalue weighted by Crippen LogP contribution is -2.24. The Balaban J connectivity index is 1.72. The molecule has 1 aliphatic rings. The zero-order valence-electron chi connectivity index (χ0n) is 15.2. The number of aliphatic hydroxyl groups is 1. The summed E-state index contributed by atoms with van der Waals surface area (Å²) in [4.78, 5) is 0. The van der Waals surface area contributed by atoms with Crippen LogP contribution in [0.15, 0.2) is 30.3 Å². The second-order valence-corrected chi connectivity index (χ2v) is 6.91. The van der Waals surface area contributed by atoms with E-state index >= 15 is 0 Å². The minimum absolute atomic E-state index is 0.114. The van der Waals surface area contributed by atoms with E-state index < -0.39 is 0 Å². The van der Waals surface area contributed by atoms with Gasteiger partial charge < -0.3 is 15.2 Å². The number of aryl methyl sites for hydroxylation is 1. The van der Waals surface area contributed by atoms with Crippen molar-refractivity contribution in [3.63, 3.8) is 0 Å². The van der Waals surface area contributed by atoms with E-state index in [1.54, 1.807) is 0 Å². The maximum Gasteiger partial charge on any atom is 0.0644 e. The highest BCUT2D eigenvalue weighted by Gasteiger charge is 2.22. The smallest absolute Gasteiger partial charge is 0.0644 e. The molecule has 2 N–H and O–H groups in total. The molecule has 2 atom stereocenters. The van der Waals surface area contributed by atoms with E-state index in [1.807, 2.05) is 11.6 Å². The first kappa shape index (κ1) is 18.1. The van der Waals surface area contributed by atoms with Crippen LogP contribution in [-0.4, -0.2) is 34.7 Å². The van der Waals surface area contributed by atoms with E-state index in [1.165, 1.54) is 11.1 Å². The van der Waals surface area contributed by atoms with E-state index in [0.717, 1.165) is 44.0 Å². The lowest BCUT2D eigenvalue weighted by atomic mass is 9.94. The van der Waals surface area contributed by atoms with Crippen LogP contribution in [0.3, 0.4) is 0 Å². The van der Waals surface area contributed by atoms with Crippen LogP contribution in [0.25, 0.3) is 0 Å². The summed E-state index contributed by atoms with van der Waals surface area (Å²) in [6, 6.07) is 11.0. The van der Waals surface area contributed by atoms with Gasteiger partial charge in [-0.1, -0.05) is 30.3 Å². The van der Waals surface area contributed by atoms with Crippen LogP contribution < -0.4 is 5.32 Å². The molecule has 2 heterocycles. The van der Waals surface area contributed by atoms with E-state index in [2.05, 4.69) is 47.7 Å². The topological polar surface area (TPSA) is 59.3 Å². The lowest BCUT2D eigenvalue weighted by Gasteiger charge is -2.22. The maximum atomic E-state index is 9.18. The number of aromatic nitrogens is 2. The summed E-state index contributed by atoms with van der Waals surface area (Å²) < 4.78 is 7.46. The van der Waals surface area contributed by atoms with Gasteiger partial charge in [0.1, 0.15) is 0 Å². The van der Waals surface area contributed by atoms with Crippen molar-refractivity contribution >= 4 is 0 Å². The van der Waals surface area contributed by atoms with Crippen LogP contribution in [0.4, 0.5) is 0 Å². The van der Waals surface area contributed by atoms with Crippen LogP contribution in [0.1, 0.15) is 41.4 Å². The van der Waals surface area contributed by atoms with Crippen molar-refractivity contribution in [3.05, 3.63) is 52.8 Å². The van der Waals surface area contributed by atoms with Gasteiger partial charge in [-0.25, -0.2) is 0 Å². The standard InChI is InChI=1S/C20H29N3O2/c1-15-19(16(2)23(22-15)9-10-24)13-21-20(12-17-8-11-25-14-17)18-6-4-3-5-7-18/h3-7,17,20-21,24H,8-14H2,1-2H3. The van der Waals surface area contributed by atoms with Gasteiger partial charge in [0.05, 0.1) is 18.8 Å². The molecule has 2 aromatic rings. The summed E-state index contributed by atoms with van der Waals surface area (Å²) in [5.74, 6) is 0.622. The number of rotatable bonds is 8. The summed E-state index contributed by atoms with van der Waals surface area (Å²) in [5.41, 5.74) is 4.73. The second kappa shape index (κ2) is 8.61. The monoisotopic (exact) mass is 343 g/mol. The molecule has 5 heteroatoms. The van der Waals surface area contributed by atoms with Crippen LogP contribution >= 0.6 is 0 Å². The second-order valence-electron chi connectivity index (χ2n) is 6.91. The van der Waals surface area contributed by atoms with Crippen molar-refractivity contribution in [3.8, 4) is 0 Å². The van der Waals surface area contributed by atoms with Crippen LogP contribution in [-0.2, 0) is 17.8 Å². The SMILES string of the molecule is Cc1nn(CCO)c(C)c1CNC(CC1CCOC1)c1ccccc1. The van der Waals surface area contributed by atoms with Crippen LogP contribution in [0, 0.1) is 19.8 Å². The Morgan fingerprint density at radius 2 is 2.12 bits per heavy atom. The number of hydrogen-bond donors (Lipinski definition) is 2. The van der Waals surface area contributed by atoms with E-state index in [0.29, 0.717) is 18.5 Å². The van der Waals surface area contributed by atoms with Crippen molar-refractivity contribution in [2.45, 2.75) is 45.8 Å². The largest absolute Gasteiger partial charge is 0.394 e. The summed E-state index contributed by atoms with van der Waals surface area (Å²) in [5, 5.41) is 17.5. The average molecular weight is 343 g/mol. The Hall–Kier alpha value is -1.69. The molecule has 1 saturated heterocycles. The van der Waals surface area contributed by atoms with Gasteiger partial charge in [0.2, 0.25) is 0 Å². The fraction of sp³-hybridized carbons (Fsp3) is 0.550. The minimum Gasteiger partial charge on any atom is -0.394 e. The normalized spacial score (nSPS) is 18.6. The van der Waals surface area contributed by atoms with Gasteiger partial charge in [-0.2, -0.15) is 5.10 Å². The molecule has 0 radical (unpaired) electrons. The summed E-state index contributed by atoms with van der Waals surface area (Å²) in [6.07, 6.45) is 2.24. The zero-order chi connectivity index (χ0) is 17.6. The maximum absolute atomic E-state index is 9.18. The molecule has 136 valence electrons. The van der Waals surface area contributed by atoms with Crippen molar-refractivity contribution in [1.82, 2.24) is 15.1 Å². The van der Waals surface area contributed by atoms with Gasteiger partial charge in [-0.05, 0) is 38.2 Å². The zero-order valence-corrected chi connectivity index (χ0v) is 15.2. The molecule has 2 unspecified atom stereocenters. The quantitative estimate of drug-likeness (QED) is 0.774. The first-order valence-electron chi connectivity index (χ1n) is 9.19. The summed E-state index contributed by atoms with van der Waals surface area (Å²) >= 11 is 0. The summed E-state index contributed by atoms with van der Waals surface area (Å²) in [7, 11) is 0. The van der Waals surface area contributed by atoms with Crippen molar-refractivity contribution in [1.29, 1.82) is 0 Å². The van der Waals surface area contributed by atoms with Crippen LogP contribution in [0.5, 0.6) is 0 Å². The van der Waals surface area contributed by atoms with E-state index in [9.17, 15) is 5.11 Å². The lowest BCUT2D eigenvalue weighted by molar-refractivity contribution is 0.181. The number of nitrogens with zero attached hydrogens (tertiary/aromatic N) is 2. The highest BCUT2D eigenvalue weighted by Crippen LogP contribution is 2.27. The molecule has 1 aromatic heterocycles. The Bertz CT molecular complexity index is 663. The average Bonchev–Trinajstić information content (AvgIpc) is 3.22. The molecule has 0 saturated carbocycles. The molecular weight excluding hydrogens is 314 g/mol. The molecule has 0 bridgehead atoms. The summed E-state index contributed by atoms with van der Waals surface area (Å²) in [6.45, 7) is 7.33. The van der Waals surface area contributed by atoms with Crippen LogP contribution in [0.2, 0.25) is 0 Å². The molecule has 1 fully saturated rings. The number of ether oxygens (including phenoxy) is 1. The molecular formula is C20H29N3O2. The van der Waals surface area contributed by atoms with Crippen molar-refractivity contribution < 1.29 is 9.84 Å². The van der Waals surface area contributed by atoms with E-state index in [4.69, 9.17) is 4.74 Å². The fourth-order valence-corrected chi connectivity index (χ4v) is 3.65. The highest BCUT2D eigenvalue weighted by molar-refractivity contribution is 5.25. The first-order chi connectivity index (χ1) is 12.2. The molecule has 0 aliphatic carbocycles. The predicted octanol–water partition coefficient (Wildman–Crippen LogP) is 2.75. The molecule has 25 heavy (non-hydrogen) atoms. The van der Waals surface area contributed by atoms with E-state index in [-0.39, 0.29) is 6.61 Å².